The van der Waals surface area contributed by atoms with E-state index in [1.807, 2.05) is 61.5 Å². The summed E-state index contributed by atoms with van der Waals surface area (Å²) >= 11 is 0. The molecule has 3 amide bonds. The summed E-state index contributed by atoms with van der Waals surface area (Å²) in [7, 11) is 3.92. The number of halogens is 1. The average molecular weight is 674 g/mol. The van der Waals surface area contributed by atoms with Crippen molar-refractivity contribution >= 4 is 35.8 Å². The van der Waals surface area contributed by atoms with Crippen LogP contribution in [0, 0.1) is 11.8 Å². The van der Waals surface area contributed by atoms with Crippen molar-refractivity contribution in [3.05, 3.63) is 83.9 Å². The third-order valence-electron chi connectivity index (χ3n) is 8.61. The van der Waals surface area contributed by atoms with Crippen molar-refractivity contribution in [2.45, 2.75) is 38.1 Å². The Bertz CT molecular complexity index is 1640. The van der Waals surface area contributed by atoms with E-state index in [1.54, 1.807) is 30.3 Å². The smallest absolute Gasteiger partial charge is 0.251 e. The minimum Gasteiger partial charge on any atom is -0.351 e. The first-order valence-electron chi connectivity index (χ1n) is 16.1. The zero-order valence-electron chi connectivity index (χ0n) is 27.3. The van der Waals surface area contributed by atoms with Crippen molar-refractivity contribution in [2.24, 2.45) is 17.6 Å². The van der Waals surface area contributed by atoms with Crippen molar-refractivity contribution in [3.8, 4) is 22.5 Å². The lowest BCUT2D eigenvalue weighted by Crippen LogP contribution is -2.48. The molecule has 3 aromatic carbocycles. The Morgan fingerprint density at radius 1 is 0.938 bits per heavy atom. The molecule has 1 aliphatic rings. The van der Waals surface area contributed by atoms with E-state index in [0.717, 1.165) is 54.5 Å². The SMILES string of the molecule is CN(C)CCNC(=O)c1cccc(-c2cccc(C[C@H](NC(=O)C3CCC(CN)CC3)C(=O)Nc3ccc(-c4nn[nH]n4)cc3)c2)c1.Cl. The number of carbonyl (C=O) groups excluding carboxylic acids is 3. The summed E-state index contributed by atoms with van der Waals surface area (Å²) in [6.45, 7) is 1.93. The maximum absolute atomic E-state index is 13.7. The Balaban J connectivity index is 0.00000520. The number of anilines is 1. The van der Waals surface area contributed by atoms with Gasteiger partial charge in [0.1, 0.15) is 6.04 Å². The summed E-state index contributed by atoms with van der Waals surface area (Å²) in [5.74, 6) is 0.183. The van der Waals surface area contributed by atoms with Crippen molar-refractivity contribution in [2.75, 3.05) is 39.0 Å². The molecule has 1 aromatic heterocycles. The van der Waals surface area contributed by atoms with E-state index >= 15 is 0 Å². The molecule has 1 fully saturated rings. The van der Waals surface area contributed by atoms with Gasteiger partial charge in [0, 0.05) is 42.2 Å². The van der Waals surface area contributed by atoms with Crippen LogP contribution in [-0.2, 0) is 16.0 Å². The topological polar surface area (TPSA) is 171 Å². The minimum absolute atomic E-state index is 0. The second-order valence-electron chi connectivity index (χ2n) is 12.4. The van der Waals surface area contributed by atoms with Crippen LogP contribution in [0.4, 0.5) is 5.69 Å². The van der Waals surface area contributed by atoms with Gasteiger partial charge in [-0.05, 0) is 111 Å². The summed E-state index contributed by atoms with van der Waals surface area (Å²) < 4.78 is 0. The van der Waals surface area contributed by atoms with E-state index < -0.39 is 6.04 Å². The number of nitrogens with zero attached hydrogens (tertiary/aromatic N) is 4. The van der Waals surface area contributed by atoms with Gasteiger partial charge in [-0.3, -0.25) is 14.4 Å². The fourth-order valence-electron chi connectivity index (χ4n) is 5.82. The second kappa shape index (κ2) is 17.5. The van der Waals surface area contributed by atoms with Crippen molar-refractivity contribution in [3.63, 3.8) is 0 Å². The molecular weight excluding hydrogens is 630 g/mol. The number of benzene rings is 3. The summed E-state index contributed by atoms with van der Waals surface area (Å²) in [6, 6.07) is 21.6. The normalized spacial score (nSPS) is 16.4. The largest absolute Gasteiger partial charge is 0.351 e. The van der Waals surface area contributed by atoms with Crippen LogP contribution in [0.15, 0.2) is 72.8 Å². The Hall–Kier alpha value is -4.65. The monoisotopic (exact) mass is 673 g/mol. The number of hydrogen-bond donors (Lipinski definition) is 5. The highest BCUT2D eigenvalue weighted by atomic mass is 35.5. The highest BCUT2D eigenvalue weighted by Crippen LogP contribution is 2.29. The van der Waals surface area contributed by atoms with Gasteiger partial charge in [0.25, 0.3) is 5.91 Å². The van der Waals surface area contributed by atoms with Crippen molar-refractivity contribution in [1.82, 2.24) is 36.2 Å². The van der Waals surface area contributed by atoms with Gasteiger partial charge in [0.2, 0.25) is 17.6 Å². The van der Waals surface area contributed by atoms with E-state index in [2.05, 4.69) is 36.6 Å². The molecule has 0 radical (unpaired) electrons. The Morgan fingerprint density at radius 3 is 2.31 bits per heavy atom. The molecule has 5 rings (SSSR count). The van der Waals surface area contributed by atoms with Crippen molar-refractivity contribution in [1.29, 1.82) is 0 Å². The third-order valence-corrected chi connectivity index (χ3v) is 8.61. The highest BCUT2D eigenvalue weighted by molar-refractivity contribution is 5.98. The predicted octanol–water partition coefficient (Wildman–Crippen LogP) is 3.68. The summed E-state index contributed by atoms with van der Waals surface area (Å²) in [4.78, 5) is 41.9. The summed E-state index contributed by atoms with van der Waals surface area (Å²) in [6.07, 6.45) is 3.62. The van der Waals surface area contributed by atoms with Gasteiger partial charge >= 0.3 is 0 Å². The van der Waals surface area contributed by atoms with Gasteiger partial charge in [-0.15, -0.1) is 22.6 Å². The van der Waals surface area contributed by atoms with Crippen LogP contribution in [0.3, 0.4) is 0 Å². The van der Waals surface area contributed by atoms with Crippen LogP contribution in [0.5, 0.6) is 0 Å². The number of aromatic amines is 1. The Morgan fingerprint density at radius 2 is 1.65 bits per heavy atom. The number of tetrazole rings is 1. The molecule has 0 spiro atoms. The minimum atomic E-state index is -0.810. The number of carbonyl (C=O) groups is 3. The standard InChI is InChI=1S/C35H43N9O3.ClH/c1-44(2)18-17-37-33(45)29-8-4-7-28(21-29)27-6-3-5-24(19-27)20-31(39-34(46)26-11-9-23(22-36)10-12-26)35(47)38-30-15-13-25(14-16-30)32-40-42-43-41-32;/h3-8,13-16,19,21,23,26,31H,9-12,17-18,20,22,36H2,1-2H3,(H,37,45)(H,38,47)(H,39,46)(H,40,41,42,43);1H/t23?,26?,31-;/m0./s1. The number of amides is 3. The second-order valence-corrected chi connectivity index (χ2v) is 12.4. The summed E-state index contributed by atoms with van der Waals surface area (Å²) in [5, 5.41) is 23.0. The number of likely N-dealkylation sites (N-methyl/N-ethyl adjacent to an activating group) is 1. The fraction of sp³-hybridized carbons (Fsp3) is 0.371. The van der Waals surface area contributed by atoms with Gasteiger partial charge in [-0.1, -0.05) is 36.4 Å². The Kier molecular flexibility index (Phi) is 13.2. The molecule has 48 heavy (non-hydrogen) atoms. The number of H-pyrrole nitrogens is 1. The number of nitrogens with one attached hydrogen (secondary N) is 4. The molecule has 1 saturated carbocycles. The van der Waals surface area contributed by atoms with Crippen LogP contribution in [-0.4, -0.2) is 83.0 Å². The van der Waals surface area contributed by atoms with Gasteiger partial charge in [-0.2, -0.15) is 5.21 Å². The third kappa shape index (κ3) is 9.93. The molecular formula is C35H44ClN9O3. The van der Waals surface area contributed by atoms with E-state index in [4.69, 9.17) is 5.73 Å². The van der Waals surface area contributed by atoms with Gasteiger partial charge < -0.3 is 26.6 Å². The lowest BCUT2D eigenvalue weighted by atomic mass is 9.81. The molecule has 4 aromatic rings. The Labute approximate surface area is 287 Å². The first-order valence-corrected chi connectivity index (χ1v) is 16.1. The molecule has 0 bridgehead atoms. The lowest BCUT2D eigenvalue weighted by Gasteiger charge is -2.28. The first kappa shape index (κ1) is 36.2. The van der Waals surface area contributed by atoms with Gasteiger partial charge in [0.05, 0.1) is 0 Å². The average Bonchev–Trinajstić information content (AvgIpc) is 3.64. The fourth-order valence-corrected chi connectivity index (χ4v) is 5.82. The highest BCUT2D eigenvalue weighted by Gasteiger charge is 2.29. The lowest BCUT2D eigenvalue weighted by molar-refractivity contribution is -0.130. The first-order chi connectivity index (χ1) is 22.8. The quantitative estimate of drug-likeness (QED) is 0.143. The zero-order valence-corrected chi connectivity index (χ0v) is 28.1. The molecule has 1 atom stereocenters. The van der Waals surface area contributed by atoms with E-state index in [1.165, 1.54) is 0 Å². The molecule has 0 saturated heterocycles. The number of nitrogens with two attached hydrogens (primary N) is 1. The van der Waals surface area contributed by atoms with Crippen LogP contribution in [0.1, 0.15) is 41.6 Å². The van der Waals surface area contributed by atoms with Crippen molar-refractivity contribution < 1.29 is 14.4 Å². The molecule has 254 valence electrons. The molecule has 1 heterocycles. The van der Waals surface area contributed by atoms with E-state index in [0.29, 0.717) is 36.1 Å². The molecule has 13 heteroatoms. The van der Waals surface area contributed by atoms with Gasteiger partial charge in [-0.25, -0.2) is 0 Å². The van der Waals surface area contributed by atoms with E-state index in [-0.39, 0.29) is 42.5 Å². The zero-order chi connectivity index (χ0) is 33.2. The van der Waals surface area contributed by atoms with Crippen LogP contribution < -0.4 is 21.7 Å². The van der Waals surface area contributed by atoms with E-state index in [9.17, 15) is 14.4 Å². The molecule has 0 unspecified atom stereocenters. The van der Waals surface area contributed by atoms with Crippen LogP contribution >= 0.6 is 12.4 Å². The van der Waals surface area contributed by atoms with Crippen LogP contribution in [0.25, 0.3) is 22.5 Å². The predicted molar refractivity (Wildman–Crippen MR) is 188 cm³/mol. The number of hydrogen-bond acceptors (Lipinski definition) is 8. The van der Waals surface area contributed by atoms with Gasteiger partial charge in [0.15, 0.2) is 0 Å². The maximum atomic E-state index is 13.7. The molecule has 0 aliphatic heterocycles. The number of aromatic nitrogens is 4. The molecule has 12 nitrogen and oxygen atoms in total. The molecule has 6 N–H and O–H groups in total. The molecule has 1 aliphatic carbocycles. The maximum Gasteiger partial charge on any atom is 0.251 e. The summed E-state index contributed by atoms with van der Waals surface area (Å²) in [5.41, 5.74) is 10.4. The number of rotatable bonds is 13. The van der Waals surface area contributed by atoms with Crippen LogP contribution in [0.2, 0.25) is 0 Å².